The third-order valence-electron chi connectivity index (χ3n) is 5.58. The van der Waals surface area contributed by atoms with Crippen molar-refractivity contribution in [3.05, 3.63) is 0 Å². The average Bonchev–Trinajstić information content (AvgIpc) is 2.87. The molecule has 0 bridgehead atoms. The third kappa shape index (κ3) is 18.9. The van der Waals surface area contributed by atoms with Crippen LogP contribution < -0.4 is 0 Å². The van der Waals surface area contributed by atoms with Crippen molar-refractivity contribution in [2.24, 2.45) is 0 Å². The van der Waals surface area contributed by atoms with E-state index in [4.69, 9.17) is 30.5 Å². The molecule has 0 aliphatic heterocycles. The third-order valence-corrected chi connectivity index (χ3v) is 15.0. The number of ether oxygens (including phenoxy) is 3. The van der Waals surface area contributed by atoms with E-state index in [1.165, 1.54) is 0 Å². The molecule has 0 saturated carbocycles. The van der Waals surface area contributed by atoms with Gasteiger partial charge in [-0.15, -0.1) is 0 Å². The van der Waals surface area contributed by atoms with Crippen LogP contribution in [0.5, 0.6) is 0 Å². The van der Waals surface area contributed by atoms with Crippen LogP contribution in [-0.4, -0.2) is 54.3 Å². The number of carbonyl (C=O) groups excluding carboxylic acids is 3. The Labute approximate surface area is 244 Å². The van der Waals surface area contributed by atoms with Gasteiger partial charge < -0.3 is 18.7 Å². The van der Waals surface area contributed by atoms with Gasteiger partial charge in [0, 0.05) is 0 Å². The van der Waals surface area contributed by atoms with Crippen LogP contribution in [0.2, 0.25) is 0 Å². The van der Waals surface area contributed by atoms with E-state index in [9.17, 15) is 14.4 Å². The van der Waals surface area contributed by atoms with Crippen molar-refractivity contribution >= 4 is 57.1 Å². The molecular formula is C27H51O7PS3. The average molecular weight is 615 g/mol. The lowest BCUT2D eigenvalue weighted by molar-refractivity contribution is -0.150. The summed E-state index contributed by atoms with van der Waals surface area (Å²) in [6.07, 6.45) is 11.2. The maximum absolute atomic E-state index is 12.6. The van der Waals surface area contributed by atoms with Crippen LogP contribution in [0.25, 0.3) is 0 Å². The Morgan fingerprint density at radius 3 is 1.29 bits per heavy atom. The van der Waals surface area contributed by atoms with Crippen LogP contribution in [-0.2, 0) is 44.9 Å². The first-order chi connectivity index (χ1) is 18.1. The molecule has 0 rings (SSSR count). The fourth-order valence-electron chi connectivity index (χ4n) is 3.24. The van der Waals surface area contributed by atoms with Crippen molar-refractivity contribution in [3.8, 4) is 0 Å². The van der Waals surface area contributed by atoms with E-state index in [0.717, 1.165) is 99.8 Å². The summed E-state index contributed by atoms with van der Waals surface area (Å²) in [5.74, 6) is -1.24. The minimum atomic E-state index is -2.93. The summed E-state index contributed by atoms with van der Waals surface area (Å²) in [5.41, 5.74) is 0. The first-order valence-electron chi connectivity index (χ1n) is 14.2. The summed E-state index contributed by atoms with van der Waals surface area (Å²) >= 11 is 8.21. The van der Waals surface area contributed by atoms with E-state index in [-0.39, 0.29) is 11.9 Å². The summed E-state index contributed by atoms with van der Waals surface area (Å²) in [6, 6.07) is 0. The van der Waals surface area contributed by atoms with Crippen LogP contribution in [0, 0.1) is 0 Å². The molecule has 0 aromatic rings. The summed E-state index contributed by atoms with van der Waals surface area (Å²) in [4.78, 5) is 37.8. The Balaban J connectivity index is 5.15. The molecule has 11 heteroatoms. The lowest BCUT2D eigenvalue weighted by atomic mass is 10.2. The van der Waals surface area contributed by atoms with Gasteiger partial charge in [-0.2, -0.15) is 0 Å². The summed E-state index contributed by atoms with van der Waals surface area (Å²) in [6.45, 7) is 12.5. The van der Waals surface area contributed by atoms with Crippen molar-refractivity contribution in [1.29, 1.82) is 0 Å². The molecule has 0 aromatic heterocycles. The van der Waals surface area contributed by atoms with Crippen molar-refractivity contribution in [2.45, 2.75) is 135 Å². The highest BCUT2D eigenvalue weighted by Gasteiger charge is 2.35. The van der Waals surface area contributed by atoms with Gasteiger partial charge in [0.2, 0.25) is 0 Å². The van der Waals surface area contributed by atoms with Crippen molar-refractivity contribution < 1.29 is 33.1 Å². The summed E-state index contributed by atoms with van der Waals surface area (Å²) in [5, 5.41) is -1.21. The Bertz CT molecular complexity index is 618. The van der Waals surface area contributed by atoms with Gasteiger partial charge in [-0.05, 0) is 51.8 Å². The standard InChI is InChI=1S/C27H51O7PS3/c1-7-10-13-16-19-31-25(28)22(4)34-35(36,37-23(5)26(29)32-20-17-14-11-8-2)38-24(6)27(30)33-21-18-15-12-9-3/h22-24H,7-21H2,1-6H3/t22?,23-,24-/m0/s1. The zero-order chi connectivity index (χ0) is 28.8. The monoisotopic (exact) mass is 614 g/mol. The lowest BCUT2D eigenvalue weighted by Gasteiger charge is -2.27. The van der Waals surface area contributed by atoms with E-state index in [2.05, 4.69) is 20.8 Å². The van der Waals surface area contributed by atoms with Crippen molar-refractivity contribution in [1.82, 2.24) is 0 Å². The van der Waals surface area contributed by atoms with Crippen LogP contribution >= 0.6 is 27.4 Å². The molecule has 7 nitrogen and oxygen atoms in total. The van der Waals surface area contributed by atoms with E-state index >= 15 is 0 Å². The Morgan fingerprint density at radius 1 is 0.605 bits per heavy atom. The minimum Gasteiger partial charge on any atom is -0.465 e. The zero-order valence-electron chi connectivity index (χ0n) is 24.4. The van der Waals surface area contributed by atoms with Gasteiger partial charge in [-0.3, -0.25) is 9.59 Å². The van der Waals surface area contributed by atoms with Gasteiger partial charge in [-0.25, -0.2) is 4.79 Å². The molecule has 0 aromatic carbocycles. The number of esters is 3. The topological polar surface area (TPSA) is 88.1 Å². The molecule has 38 heavy (non-hydrogen) atoms. The predicted molar refractivity (Wildman–Crippen MR) is 164 cm³/mol. The Morgan fingerprint density at radius 2 is 0.947 bits per heavy atom. The smallest absolute Gasteiger partial charge is 0.335 e. The zero-order valence-corrected chi connectivity index (χ0v) is 27.7. The first-order valence-corrected chi connectivity index (χ1v) is 19.9. The molecule has 0 amide bonds. The molecule has 0 N–H and O–H groups in total. The highest BCUT2D eigenvalue weighted by Crippen LogP contribution is 2.73. The van der Waals surface area contributed by atoms with Crippen LogP contribution in [0.15, 0.2) is 0 Å². The second-order valence-corrected chi connectivity index (χ2v) is 20.3. The molecule has 3 atom stereocenters. The van der Waals surface area contributed by atoms with Crippen LogP contribution in [0.3, 0.4) is 0 Å². The number of carbonyl (C=O) groups is 3. The molecule has 0 saturated heterocycles. The largest absolute Gasteiger partial charge is 0.465 e. The maximum Gasteiger partial charge on any atom is 0.335 e. The predicted octanol–water partition coefficient (Wildman–Crippen LogP) is 8.23. The summed E-state index contributed by atoms with van der Waals surface area (Å²) in [7, 11) is 0. The van der Waals surface area contributed by atoms with Crippen molar-refractivity contribution in [3.63, 3.8) is 0 Å². The number of rotatable bonds is 24. The molecule has 0 radical (unpaired) electrons. The van der Waals surface area contributed by atoms with Gasteiger partial charge in [0.05, 0.1) is 19.8 Å². The van der Waals surface area contributed by atoms with E-state index in [0.29, 0.717) is 19.8 Å². The minimum absolute atomic E-state index is 0.331. The second-order valence-electron chi connectivity index (χ2n) is 9.37. The van der Waals surface area contributed by atoms with Gasteiger partial charge in [0.25, 0.3) is 0 Å². The van der Waals surface area contributed by atoms with E-state index in [1.807, 2.05) is 0 Å². The van der Waals surface area contributed by atoms with Crippen molar-refractivity contribution in [2.75, 3.05) is 19.8 Å². The van der Waals surface area contributed by atoms with Gasteiger partial charge in [0.1, 0.15) is 10.5 Å². The molecule has 224 valence electrons. The quantitative estimate of drug-likeness (QED) is 0.0458. The molecular weight excluding hydrogens is 563 g/mol. The number of hydrogen-bond acceptors (Lipinski definition) is 10. The Hall–Kier alpha value is -0.280. The molecule has 0 aliphatic rings. The molecule has 0 heterocycles. The summed E-state index contributed by atoms with van der Waals surface area (Å²) < 4.78 is 19.4. The Kier molecular flexibility index (Phi) is 23.3. The van der Waals surface area contributed by atoms with Crippen LogP contribution in [0.1, 0.15) is 119 Å². The molecule has 0 spiro atoms. The normalized spacial score (nSPS) is 13.9. The fraction of sp³-hybridized carbons (Fsp3) is 0.889. The lowest BCUT2D eigenvalue weighted by Crippen LogP contribution is -2.24. The molecule has 0 aliphatic carbocycles. The highest BCUT2D eigenvalue weighted by atomic mass is 33.2. The highest BCUT2D eigenvalue weighted by molar-refractivity contribution is 8.99. The van der Waals surface area contributed by atoms with E-state index < -0.39 is 27.2 Å². The van der Waals surface area contributed by atoms with Gasteiger partial charge >= 0.3 is 17.9 Å². The molecule has 0 fully saturated rings. The first kappa shape index (κ1) is 37.7. The van der Waals surface area contributed by atoms with Crippen LogP contribution in [0.4, 0.5) is 0 Å². The van der Waals surface area contributed by atoms with Gasteiger partial charge in [-0.1, -0.05) is 101 Å². The number of hydrogen-bond donors (Lipinski definition) is 0. The van der Waals surface area contributed by atoms with E-state index in [1.54, 1.807) is 20.8 Å². The number of unbranched alkanes of at least 4 members (excludes halogenated alkanes) is 9. The fourth-order valence-corrected chi connectivity index (χ4v) is 14.5. The maximum atomic E-state index is 12.6. The molecule has 1 unspecified atom stereocenters. The van der Waals surface area contributed by atoms with Gasteiger partial charge in [0.15, 0.2) is 10.8 Å². The SMILES string of the molecule is CCCCCCOC(=O)C(C)OP(=S)(S[C@@H](C)C(=O)OCCCCCC)S[C@@H](C)C(=O)OCCCCCC. The second kappa shape index (κ2) is 23.4.